The van der Waals surface area contributed by atoms with Crippen LogP contribution in [0.15, 0.2) is 0 Å². The van der Waals surface area contributed by atoms with Crippen LogP contribution in [-0.2, 0) is 24.6 Å². The van der Waals surface area contributed by atoms with E-state index in [0.29, 0.717) is 6.42 Å². The van der Waals surface area contributed by atoms with Crippen LogP contribution >= 0.6 is 11.6 Å². The monoisotopic (exact) mass is 274 g/mol. The SMILES string of the molecule is CCc1nn(C)c(CC(NN)C(CC)OC)c1Cl. The average molecular weight is 275 g/mol. The van der Waals surface area contributed by atoms with Gasteiger partial charge in [-0.1, -0.05) is 25.4 Å². The van der Waals surface area contributed by atoms with E-state index in [2.05, 4.69) is 17.4 Å². The van der Waals surface area contributed by atoms with Gasteiger partial charge >= 0.3 is 0 Å². The fourth-order valence-electron chi connectivity index (χ4n) is 2.16. The first-order chi connectivity index (χ1) is 8.58. The van der Waals surface area contributed by atoms with E-state index < -0.39 is 0 Å². The fraction of sp³-hybridized carbons (Fsp3) is 0.750. The van der Waals surface area contributed by atoms with E-state index in [1.807, 2.05) is 18.7 Å². The van der Waals surface area contributed by atoms with Crippen LogP contribution in [-0.4, -0.2) is 29.0 Å². The van der Waals surface area contributed by atoms with E-state index in [4.69, 9.17) is 22.2 Å². The van der Waals surface area contributed by atoms with Crippen molar-refractivity contribution in [3.8, 4) is 0 Å². The van der Waals surface area contributed by atoms with Crippen LogP contribution in [0.2, 0.25) is 5.02 Å². The number of methoxy groups -OCH3 is 1. The molecule has 0 aliphatic heterocycles. The summed E-state index contributed by atoms with van der Waals surface area (Å²) in [6.07, 6.45) is 2.48. The molecule has 18 heavy (non-hydrogen) atoms. The molecule has 6 heteroatoms. The lowest BCUT2D eigenvalue weighted by atomic mass is 10.0. The maximum absolute atomic E-state index is 6.33. The molecule has 104 valence electrons. The number of ether oxygens (including phenoxy) is 1. The Morgan fingerprint density at radius 3 is 2.56 bits per heavy atom. The van der Waals surface area contributed by atoms with Gasteiger partial charge in [0.15, 0.2) is 0 Å². The Kier molecular flexibility index (Phi) is 6.08. The minimum Gasteiger partial charge on any atom is -0.380 e. The summed E-state index contributed by atoms with van der Waals surface area (Å²) in [4.78, 5) is 0. The summed E-state index contributed by atoms with van der Waals surface area (Å²) in [6, 6.07) is 0.0256. The molecule has 3 N–H and O–H groups in total. The number of hydrogen-bond acceptors (Lipinski definition) is 4. The van der Waals surface area contributed by atoms with E-state index in [1.165, 1.54) is 0 Å². The quantitative estimate of drug-likeness (QED) is 0.583. The Morgan fingerprint density at radius 2 is 2.17 bits per heavy atom. The predicted molar refractivity (Wildman–Crippen MR) is 73.5 cm³/mol. The van der Waals surface area contributed by atoms with Crippen molar-refractivity contribution in [2.24, 2.45) is 12.9 Å². The second-order valence-electron chi connectivity index (χ2n) is 4.34. The molecule has 0 amide bonds. The van der Waals surface area contributed by atoms with Gasteiger partial charge in [-0.25, -0.2) is 0 Å². The number of aryl methyl sites for hydroxylation is 2. The molecule has 0 aromatic carbocycles. The molecule has 0 aliphatic carbocycles. The summed E-state index contributed by atoms with van der Waals surface area (Å²) in [6.45, 7) is 4.11. The van der Waals surface area contributed by atoms with Gasteiger partial charge in [-0.3, -0.25) is 16.0 Å². The van der Waals surface area contributed by atoms with Crippen molar-refractivity contribution in [3.63, 3.8) is 0 Å². The molecule has 5 nitrogen and oxygen atoms in total. The zero-order valence-corrected chi connectivity index (χ0v) is 12.3. The minimum absolute atomic E-state index is 0.0256. The highest BCUT2D eigenvalue weighted by Gasteiger charge is 2.23. The fourth-order valence-corrected chi connectivity index (χ4v) is 2.53. The van der Waals surface area contributed by atoms with Crippen LogP contribution in [0.4, 0.5) is 0 Å². The molecule has 1 heterocycles. The lowest BCUT2D eigenvalue weighted by Gasteiger charge is -2.24. The van der Waals surface area contributed by atoms with Crippen molar-refractivity contribution in [2.75, 3.05) is 7.11 Å². The van der Waals surface area contributed by atoms with Gasteiger partial charge in [-0.2, -0.15) is 5.10 Å². The molecule has 0 aliphatic rings. The van der Waals surface area contributed by atoms with Crippen molar-refractivity contribution < 1.29 is 4.74 Å². The average Bonchev–Trinajstić information content (AvgIpc) is 2.65. The summed E-state index contributed by atoms with van der Waals surface area (Å²) < 4.78 is 7.25. The minimum atomic E-state index is 0.0256. The summed E-state index contributed by atoms with van der Waals surface area (Å²) in [5, 5.41) is 5.14. The maximum atomic E-state index is 6.33. The van der Waals surface area contributed by atoms with Gasteiger partial charge in [0.05, 0.1) is 28.6 Å². The number of hydrazine groups is 1. The highest BCUT2D eigenvalue weighted by molar-refractivity contribution is 6.31. The lowest BCUT2D eigenvalue weighted by Crippen LogP contribution is -2.46. The second-order valence-corrected chi connectivity index (χ2v) is 4.72. The van der Waals surface area contributed by atoms with Crippen LogP contribution in [0.5, 0.6) is 0 Å². The first-order valence-corrected chi connectivity index (χ1v) is 6.65. The van der Waals surface area contributed by atoms with Gasteiger partial charge < -0.3 is 4.74 Å². The van der Waals surface area contributed by atoms with Gasteiger partial charge in [0.25, 0.3) is 0 Å². The first-order valence-electron chi connectivity index (χ1n) is 6.28. The number of nitrogens with zero attached hydrogens (tertiary/aromatic N) is 2. The van der Waals surface area contributed by atoms with E-state index in [9.17, 15) is 0 Å². The molecule has 1 aromatic heterocycles. The van der Waals surface area contributed by atoms with Gasteiger partial charge in [-0.05, 0) is 12.8 Å². The summed E-state index contributed by atoms with van der Waals surface area (Å²) >= 11 is 6.33. The number of nitrogens with two attached hydrogens (primary N) is 1. The Morgan fingerprint density at radius 1 is 1.50 bits per heavy atom. The van der Waals surface area contributed by atoms with E-state index in [0.717, 1.165) is 29.3 Å². The molecular formula is C12H23ClN4O. The van der Waals surface area contributed by atoms with Crippen LogP contribution in [0.25, 0.3) is 0 Å². The largest absolute Gasteiger partial charge is 0.380 e. The molecule has 0 spiro atoms. The zero-order chi connectivity index (χ0) is 13.7. The Labute approximate surface area is 114 Å². The van der Waals surface area contributed by atoms with Crippen molar-refractivity contribution in [2.45, 2.75) is 45.3 Å². The molecule has 0 saturated heterocycles. The molecular weight excluding hydrogens is 252 g/mol. The standard InChI is InChI=1S/C12H23ClN4O/c1-5-8-12(13)10(17(3)16-8)7-9(15-14)11(6-2)18-4/h9,11,15H,5-7,14H2,1-4H3. The van der Waals surface area contributed by atoms with Gasteiger partial charge in [-0.15, -0.1) is 0 Å². The topological polar surface area (TPSA) is 65.1 Å². The second kappa shape index (κ2) is 7.09. The van der Waals surface area contributed by atoms with Gasteiger partial charge in [0.2, 0.25) is 0 Å². The van der Waals surface area contributed by atoms with E-state index in [1.54, 1.807) is 7.11 Å². The van der Waals surface area contributed by atoms with E-state index in [-0.39, 0.29) is 12.1 Å². The molecule has 1 rings (SSSR count). The van der Waals surface area contributed by atoms with Crippen LogP contribution in [0.3, 0.4) is 0 Å². The number of halogens is 1. The van der Waals surface area contributed by atoms with Crippen molar-refractivity contribution in [1.29, 1.82) is 0 Å². The number of aromatic nitrogens is 2. The third-order valence-corrected chi connectivity index (χ3v) is 3.72. The molecule has 2 unspecified atom stereocenters. The van der Waals surface area contributed by atoms with Crippen LogP contribution < -0.4 is 11.3 Å². The third kappa shape index (κ3) is 3.23. The predicted octanol–water partition coefficient (Wildman–Crippen LogP) is 1.44. The maximum Gasteiger partial charge on any atom is 0.0850 e. The third-order valence-electron chi connectivity index (χ3n) is 3.28. The van der Waals surface area contributed by atoms with Gasteiger partial charge in [0.1, 0.15) is 0 Å². The molecule has 0 saturated carbocycles. The smallest absolute Gasteiger partial charge is 0.0850 e. The molecule has 0 fully saturated rings. The lowest BCUT2D eigenvalue weighted by molar-refractivity contribution is 0.0648. The van der Waals surface area contributed by atoms with Crippen molar-refractivity contribution in [3.05, 3.63) is 16.4 Å². The Balaban J connectivity index is 2.91. The molecule has 0 radical (unpaired) electrons. The number of hydrogen-bond donors (Lipinski definition) is 2. The van der Waals surface area contributed by atoms with Crippen molar-refractivity contribution >= 4 is 11.6 Å². The highest BCUT2D eigenvalue weighted by atomic mass is 35.5. The summed E-state index contributed by atoms with van der Waals surface area (Å²) in [5.41, 5.74) is 4.73. The van der Waals surface area contributed by atoms with Crippen LogP contribution in [0, 0.1) is 0 Å². The Hall–Kier alpha value is -0.620. The van der Waals surface area contributed by atoms with E-state index >= 15 is 0 Å². The Bertz CT molecular complexity index is 376. The first kappa shape index (κ1) is 15.4. The zero-order valence-electron chi connectivity index (χ0n) is 11.5. The van der Waals surface area contributed by atoms with Crippen LogP contribution in [0.1, 0.15) is 31.7 Å². The highest BCUT2D eigenvalue weighted by Crippen LogP contribution is 2.23. The van der Waals surface area contributed by atoms with Crippen molar-refractivity contribution in [1.82, 2.24) is 15.2 Å². The molecule has 1 aromatic rings. The van der Waals surface area contributed by atoms with Gasteiger partial charge in [0, 0.05) is 20.6 Å². The molecule has 2 atom stereocenters. The molecule has 0 bridgehead atoms. The summed E-state index contributed by atoms with van der Waals surface area (Å²) in [5.74, 6) is 5.61. The normalized spacial score (nSPS) is 14.8. The number of rotatable bonds is 7. The summed E-state index contributed by atoms with van der Waals surface area (Å²) in [7, 11) is 3.60. The number of nitrogens with one attached hydrogen (secondary N) is 1.